The van der Waals surface area contributed by atoms with E-state index in [2.05, 4.69) is 36.1 Å². The number of aromatic amines is 2. The van der Waals surface area contributed by atoms with Crippen LogP contribution in [0.3, 0.4) is 0 Å². The zero-order chi connectivity index (χ0) is 15.3. The molecule has 0 aliphatic heterocycles. The van der Waals surface area contributed by atoms with E-state index in [1.807, 2.05) is 31.2 Å². The van der Waals surface area contributed by atoms with Gasteiger partial charge in [-0.25, -0.2) is 9.97 Å². The molecule has 6 heteroatoms. The van der Waals surface area contributed by atoms with Gasteiger partial charge in [0.1, 0.15) is 5.75 Å². The summed E-state index contributed by atoms with van der Waals surface area (Å²) in [6.45, 7) is 2.00. The van der Waals surface area contributed by atoms with E-state index in [0.717, 1.165) is 49.1 Å². The number of halogens is 1. The number of H-pyrrole nitrogens is 2. The average molecular weight is 357 g/mol. The molecule has 1 aromatic carbocycles. The Hall–Kier alpha value is -2.34. The van der Waals surface area contributed by atoms with Crippen molar-refractivity contribution < 1.29 is 4.74 Å². The van der Waals surface area contributed by atoms with Crippen molar-refractivity contribution in [1.82, 2.24) is 20.2 Å². The minimum atomic E-state index is 0.744. The lowest BCUT2D eigenvalue weighted by molar-refractivity contribution is 0.415. The molecule has 0 amide bonds. The number of aromatic nitrogens is 4. The van der Waals surface area contributed by atoms with E-state index >= 15 is 0 Å². The minimum Gasteiger partial charge on any atom is -0.497 e. The summed E-state index contributed by atoms with van der Waals surface area (Å²) in [5.74, 6) is 0.837. The molecule has 4 rings (SSSR count). The summed E-state index contributed by atoms with van der Waals surface area (Å²) in [6.07, 6.45) is 1.78. The first-order valence-corrected chi connectivity index (χ1v) is 7.63. The van der Waals surface area contributed by atoms with Crippen LogP contribution in [0.25, 0.3) is 33.2 Å². The van der Waals surface area contributed by atoms with Crippen LogP contribution < -0.4 is 4.74 Å². The minimum absolute atomic E-state index is 0.744. The molecule has 0 fully saturated rings. The highest BCUT2D eigenvalue weighted by molar-refractivity contribution is 9.10. The molecule has 5 nitrogen and oxygen atoms in total. The number of nitrogens with zero attached hydrogens (tertiary/aromatic N) is 2. The van der Waals surface area contributed by atoms with Crippen LogP contribution in [-0.4, -0.2) is 27.3 Å². The SMILES string of the molecule is COc1ccc(-c2[nH][nH]c3c2c(C)nc2ncc(Br)c23)cc1. The van der Waals surface area contributed by atoms with Gasteiger partial charge in [-0.3, -0.25) is 10.2 Å². The largest absolute Gasteiger partial charge is 0.497 e. The molecule has 2 N–H and O–H groups in total. The topological polar surface area (TPSA) is 66.6 Å². The molecule has 0 saturated heterocycles. The molecule has 4 aromatic rings. The van der Waals surface area contributed by atoms with Crippen LogP contribution in [-0.2, 0) is 0 Å². The van der Waals surface area contributed by atoms with E-state index in [9.17, 15) is 0 Å². The van der Waals surface area contributed by atoms with Crippen molar-refractivity contribution in [3.63, 3.8) is 0 Å². The molecule has 0 aliphatic rings. The number of rotatable bonds is 2. The van der Waals surface area contributed by atoms with Gasteiger partial charge in [-0.05, 0) is 47.1 Å². The first-order valence-electron chi connectivity index (χ1n) is 6.84. The molecule has 110 valence electrons. The van der Waals surface area contributed by atoms with Crippen LogP contribution in [0.4, 0.5) is 0 Å². The van der Waals surface area contributed by atoms with Crippen molar-refractivity contribution in [2.45, 2.75) is 6.92 Å². The van der Waals surface area contributed by atoms with Crippen molar-refractivity contribution in [3.8, 4) is 17.0 Å². The lowest BCUT2D eigenvalue weighted by atomic mass is 10.1. The van der Waals surface area contributed by atoms with E-state index in [4.69, 9.17) is 4.74 Å². The first kappa shape index (κ1) is 13.3. The number of methoxy groups -OCH3 is 1. The fourth-order valence-electron chi connectivity index (χ4n) is 2.78. The first-order chi connectivity index (χ1) is 10.7. The number of hydrogen-bond acceptors (Lipinski definition) is 3. The summed E-state index contributed by atoms with van der Waals surface area (Å²) in [5.41, 5.74) is 4.78. The standard InChI is InChI=1S/C16H13BrN4O/c1-8-12-14(9-3-5-10(22-2)6-4-9)20-21-15(12)13-11(17)7-18-16(13)19-8/h3-7,20-21H,1-2H3. The molecular formula is C16H13BrN4O. The molecule has 3 aromatic heterocycles. The maximum absolute atomic E-state index is 5.22. The lowest BCUT2D eigenvalue weighted by Crippen LogP contribution is -1.87. The van der Waals surface area contributed by atoms with Gasteiger partial charge in [0.05, 0.1) is 29.4 Å². The second-order valence-corrected chi connectivity index (χ2v) is 5.96. The summed E-state index contributed by atoms with van der Waals surface area (Å²) in [6, 6.07) is 7.95. The van der Waals surface area contributed by atoms with Gasteiger partial charge in [-0.1, -0.05) is 0 Å². The zero-order valence-corrected chi connectivity index (χ0v) is 13.7. The molecule has 3 heterocycles. The van der Waals surface area contributed by atoms with Gasteiger partial charge in [-0.15, -0.1) is 0 Å². The molecule has 0 bridgehead atoms. The second kappa shape index (κ2) is 4.84. The van der Waals surface area contributed by atoms with Crippen LogP contribution in [0.2, 0.25) is 0 Å². The van der Waals surface area contributed by atoms with Gasteiger partial charge in [0.25, 0.3) is 0 Å². The Morgan fingerprint density at radius 1 is 1.09 bits per heavy atom. The summed E-state index contributed by atoms with van der Waals surface area (Å²) < 4.78 is 6.16. The number of benzene rings is 1. The fourth-order valence-corrected chi connectivity index (χ4v) is 3.26. The number of hydrogen-bond donors (Lipinski definition) is 2. The predicted molar refractivity (Wildman–Crippen MR) is 90.2 cm³/mol. The van der Waals surface area contributed by atoms with E-state index in [-0.39, 0.29) is 0 Å². The van der Waals surface area contributed by atoms with Gasteiger partial charge in [0.15, 0.2) is 5.65 Å². The molecule has 0 saturated carbocycles. The van der Waals surface area contributed by atoms with Crippen molar-refractivity contribution in [2.24, 2.45) is 0 Å². The smallest absolute Gasteiger partial charge is 0.162 e. The second-order valence-electron chi connectivity index (χ2n) is 5.11. The molecule has 0 atom stereocenters. The summed E-state index contributed by atoms with van der Waals surface area (Å²) in [5, 5.41) is 8.60. The Labute approximate surface area is 134 Å². The maximum atomic E-state index is 5.22. The van der Waals surface area contributed by atoms with Crippen molar-refractivity contribution in [1.29, 1.82) is 0 Å². The summed E-state index contributed by atoms with van der Waals surface area (Å²) >= 11 is 3.54. The molecular weight excluding hydrogens is 344 g/mol. The summed E-state index contributed by atoms with van der Waals surface area (Å²) in [4.78, 5) is 8.94. The van der Waals surface area contributed by atoms with Gasteiger partial charge in [-0.2, -0.15) is 0 Å². The number of ether oxygens (including phenoxy) is 1. The molecule has 0 radical (unpaired) electrons. The average Bonchev–Trinajstić information content (AvgIpc) is 3.12. The van der Waals surface area contributed by atoms with Crippen LogP contribution in [0, 0.1) is 6.92 Å². The lowest BCUT2D eigenvalue weighted by Gasteiger charge is -2.04. The van der Waals surface area contributed by atoms with E-state index in [0.29, 0.717) is 0 Å². The maximum Gasteiger partial charge on any atom is 0.162 e. The van der Waals surface area contributed by atoms with Crippen molar-refractivity contribution in [2.75, 3.05) is 7.11 Å². The van der Waals surface area contributed by atoms with Gasteiger partial charge in [0, 0.05) is 21.6 Å². The quantitative estimate of drug-likeness (QED) is 0.565. The predicted octanol–water partition coefficient (Wildman–Crippen LogP) is 4.19. The Kier molecular flexibility index (Phi) is 2.94. The van der Waals surface area contributed by atoms with Crippen LogP contribution >= 0.6 is 15.9 Å². The third-order valence-corrected chi connectivity index (χ3v) is 4.44. The molecule has 22 heavy (non-hydrogen) atoms. The van der Waals surface area contributed by atoms with Gasteiger partial charge in [0.2, 0.25) is 0 Å². The Morgan fingerprint density at radius 3 is 2.59 bits per heavy atom. The zero-order valence-electron chi connectivity index (χ0n) is 12.1. The molecule has 0 unspecified atom stereocenters. The Bertz CT molecular complexity index is 985. The van der Waals surface area contributed by atoms with Crippen molar-refractivity contribution >= 4 is 37.9 Å². The molecule has 0 spiro atoms. The van der Waals surface area contributed by atoms with Gasteiger partial charge < -0.3 is 4.74 Å². The third kappa shape index (κ3) is 1.84. The highest BCUT2D eigenvalue weighted by atomic mass is 79.9. The van der Waals surface area contributed by atoms with Crippen LogP contribution in [0.1, 0.15) is 5.69 Å². The highest BCUT2D eigenvalue weighted by Crippen LogP contribution is 2.35. The number of aryl methyl sites for hydroxylation is 1. The monoisotopic (exact) mass is 356 g/mol. The number of nitrogens with one attached hydrogen (secondary N) is 2. The van der Waals surface area contributed by atoms with Crippen LogP contribution in [0.5, 0.6) is 5.75 Å². The molecule has 0 aliphatic carbocycles. The fraction of sp³-hybridized carbons (Fsp3) is 0.125. The van der Waals surface area contributed by atoms with Crippen molar-refractivity contribution in [3.05, 3.63) is 40.6 Å². The van der Waals surface area contributed by atoms with Crippen LogP contribution in [0.15, 0.2) is 34.9 Å². The van der Waals surface area contributed by atoms with E-state index < -0.39 is 0 Å². The normalized spacial score (nSPS) is 11.4. The number of fused-ring (bicyclic) bond motifs is 3. The van der Waals surface area contributed by atoms with E-state index in [1.54, 1.807) is 13.3 Å². The summed E-state index contributed by atoms with van der Waals surface area (Å²) in [7, 11) is 1.66. The number of pyridine rings is 1. The highest BCUT2D eigenvalue weighted by Gasteiger charge is 2.16. The van der Waals surface area contributed by atoms with Gasteiger partial charge >= 0.3 is 0 Å². The third-order valence-electron chi connectivity index (χ3n) is 3.84. The Morgan fingerprint density at radius 2 is 1.86 bits per heavy atom. The van der Waals surface area contributed by atoms with E-state index in [1.165, 1.54) is 0 Å². The Balaban J connectivity index is 2.02.